The maximum Gasteiger partial charge on any atom is 0.224 e. The molecule has 0 spiro atoms. The number of rotatable bonds is 5. The fraction of sp³-hybridized carbons (Fsp3) is 0.562. The number of hydrogen-bond donors (Lipinski definition) is 2. The van der Waals surface area contributed by atoms with Crippen molar-refractivity contribution in [1.82, 2.24) is 0 Å². The number of anilines is 1. The van der Waals surface area contributed by atoms with E-state index in [1.807, 2.05) is 24.3 Å². The number of nitrogens with one attached hydrogen (secondary N) is 1. The minimum atomic E-state index is -0.564. The molecule has 104 valence electrons. The van der Waals surface area contributed by atoms with Crippen molar-refractivity contribution in [3.05, 3.63) is 29.8 Å². The summed E-state index contributed by atoms with van der Waals surface area (Å²) >= 11 is 0. The van der Waals surface area contributed by atoms with Crippen LogP contribution in [0.25, 0.3) is 0 Å². The van der Waals surface area contributed by atoms with Crippen molar-refractivity contribution in [2.24, 2.45) is 5.92 Å². The van der Waals surface area contributed by atoms with Crippen molar-refractivity contribution in [2.75, 3.05) is 5.32 Å². The number of carbonyl (C=O) groups is 1. The van der Waals surface area contributed by atoms with Gasteiger partial charge in [0, 0.05) is 17.7 Å². The van der Waals surface area contributed by atoms with Crippen LogP contribution < -0.4 is 5.32 Å². The number of aliphatic hydroxyl groups is 1. The first-order chi connectivity index (χ1) is 9.16. The smallest absolute Gasteiger partial charge is 0.224 e. The topological polar surface area (TPSA) is 49.3 Å². The summed E-state index contributed by atoms with van der Waals surface area (Å²) < 4.78 is 0. The maximum absolute atomic E-state index is 12.0. The third-order valence-electron chi connectivity index (χ3n) is 3.94. The summed E-state index contributed by atoms with van der Waals surface area (Å²) in [5, 5.41) is 12.6. The molecule has 3 heteroatoms. The van der Waals surface area contributed by atoms with Gasteiger partial charge in [0.15, 0.2) is 0 Å². The fourth-order valence-corrected chi connectivity index (χ4v) is 2.82. The molecular formula is C16H23NO2. The quantitative estimate of drug-likeness (QED) is 0.850. The molecule has 1 saturated carbocycles. The minimum absolute atomic E-state index is 0.0556. The average Bonchev–Trinajstić information content (AvgIpc) is 2.90. The summed E-state index contributed by atoms with van der Waals surface area (Å²) in [4.78, 5) is 12.0. The monoisotopic (exact) mass is 261 g/mol. The lowest BCUT2D eigenvalue weighted by Gasteiger charge is -2.14. The highest BCUT2D eigenvalue weighted by atomic mass is 16.3. The van der Waals surface area contributed by atoms with Crippen LogP contribution in [0.1, 0.15) is 57.1 Å². The molecule has 1 aliphatic rings. The summed E-state index contributed by atoms with van der Waals surface area (Å²) in [7, 11) is 0. The standard InChI is InChI=1S/C16H23NO2/c1-12(18)14-8-4-5-9-15(14)17-16(19)11-10-13-6-2-3-7-13/h4-5,8-9,12-13,18H,2-3,6-7,10-11H2,1H3,(H,17,19). The zero-order valence-electron chi connectivity index (χ0n) is 11.6. The lowest BCUT2D eigenvalue weighted by molar-refractivity contribution is -0.116. The van der Waals surface area contributed by atoms with Crippen LogP contribution in [0.2, 0.25) is 0 Å². The second kappa shape index (κ2) is 6.71. The molecule has 0 saturated heterocycles. The van der Waals surface area contributed by atoms with Crippen LogP contribution >= 0.6 is 0 Å². The van der Waals surface area contributed by atoms with Crippen LogP contribution in [0.4, 0.5) is 5.69 Å². The fourth-order valence-electron chi connectivity index (χ4n) is 2.82. The van der Waals surface area contributed by atoms with E-state index >= 15 is 0 Å². The van der Waals surface area contributed by atoms with E-state index in [9.17, 15) is 9.90 Å². The molecule has 2 N–H and O–H groups in total. The van der Waals surface area contributed by atoms with Crippen LogP contribution in [0.15, 0.2) is 24.3 Å². The van der Waals surface area contributed by atoms with Gasteiger partial charge in [0.1, 0.15) is 0 Å². The molecule has 1 unspecified atom stereocenters. The van der Waals surface area contributed by atoms with E-state index < -0.39 is 6.10 Å². The van der Waals surface area contributed by atoms with Crippen molar-refractivity contribution in [1.29, 1.82) is 0 Å². The molecule has 0 bridgehead atoms. The largest absolute Gasteiger partial charge is 0.389 e. The van der Waals surface area contributed by atoms with E-state index in [1.54, 1.807) is 6.92 Å². The first-order valence-electron chi connectivity index (χ1n) is 7.23. The van der Waals surface area contributed by atoms with E-state index in [4.69, 9.17) is 0 Å². The molecule has 1 atom stereocenters. The van der Waals surface area contributed by atoms with Gasteiger partial charge in [0.2, 0.25) is 5.91 Å². The van der Waals surface area contributed by atoms with Crippen LogP contribution in [0.5, 0.6) is 0 Å². The van der Waals surface area contributed by atoms with E-state index in [-0.39, 0.29) is 5.91 Å². The highest BCUT2D eigenvalue weighted by molar-refractivity contribution is 5.91. The average molecular weight is 261 g/mol. The molecule has 3 nitrogen and oxygen atoms in total. The van der Waals surface area contributed by atoms with E-state index in [1.165, 1.54) is 25.7 Å². The Morgan fingerprint density at radius 3 is 2.74 bits per heavy atom. The summed E-state index contributed by atoms with van der Waals surface area (Å²) in [6, 6.07) is 7.43. The predicted octanol–water partition coefficient (Wildman–Crippen LogP) is 3.65. The van der Waals surface area contributed by atoms with Gasteiger partial charge in [-0.15, -0.1) is 0 Å². The Morgan fingerprint density at radius 2 is 2.05 bits per heavy atom. The molecule has 1 aromatic carbocycles. The SMILES string of the molecule is CC(O)c1ccccc1NC(=O)CCC1CCCC1. The molecule has 1 amide bonds. The van der Waals surface area contributed by atoms with Gasteiger partial charge in [-0.05, 0) is 25.3 Å². The van der Waals surface area contributed by atoms with Gasteiger partial charge in [0.05, 0.1) is 6.10 Å². The van der Waals surface area contributed by atoms with Gasteiger partial charge in [-0.25, -0.2) is 0 Å². The number of aliphatic hydroxyl groups excluding tert-OH is 1. The van der Waals surface area contributed by atoms with Gasteiger partial charge in [-0.3, -0.25) is 4.79 Å². The first kappa shape index (κ1) is 14.1. The van der Waals surface area contributed by atoms with Crippen LogP contribution in [0.3, 0.4) is 0 Å². The summed E-state index contributed by atoms with van der Waals surface area (Å²) in [6.07, 6.45) is 6.19. The van der Waals surface area contributed by atoms with Crippen molar-refractivity contribution in [3.63, 3.8) is 0 Å². The van der Waals surface area contributed by atoms with Crippen molar-refractivity contribution >= 4 is 11.6 Å². The van der Waals surface area contributed by atoms with Crippen LogP contribution in [-0.2, 0) is 4.79 Å². The molecule has 1 aliphatic carbocycles. The number of para-hydroxylation sites is 1. The highest BCUT2D eigenvalue weighted by Crippen LogP contribution is 2.29. The molecule has 0 aliphatic heterocycles. The van der Waals surface area contributed by atoms with Crippen LogP contribution in [0, 0.1) is 5.92 Å². The van der Waals surface area contributed by atoms with Gasteiger partial charge in [0.25, 0.3) is 0 Å². The Kier molecular flexibility index (Phi) is 4.97. The van der Waals surface area contributed by atoms with Crippen molar-refractivity contribution < 1.29 is 9.90 Å². The zero-order chi connectivity index (χ0) is 13.7. The lowest BCUT2D eigenvalue weighted by atomic mass is 10.0. The minimum Gasteiger partial charge on any atom is -0.389 e. The van der Waals surface area contributed by atoms with E-state index in [0.717, 1.165) is 23.6 Å². The Balaban J connectivity index is 1.87. The Bertz CT molecular complexity index is 423. The van der Waals surface area contributed by atoms with Gasteiger partial charge in [-0.1, -0.05) is 43.9 Å². The molecule has 0 heterocycles. The normalized spacial score (nSPS) is 17.4. The molecule has 0 radical (unpaired) electrons. The number of amides is 1. The van der Waals surface area contributed by atoms with Crippen molar-refractivity contribution in [3.8, 4) is 0 Å². The number of benzene rings is 1. The molecule has 19 heavy (non-hydrogen) atoms. The number of hydrogen-bond acceptors (Lipinski definition) is 2. The first-order valence-corrected chi connectivity index (χ1v) is 7.23. The van der Waals surface area contributed by atoms with Gasteiger partial charge >= 0.3 is 0 Å². The van der Waals surface area contributed by atoms with E-state index in [0.29, 0.717) is 6.42 Å². The van der Waals surface area contributed by atoms with E-state index in [2.05, 4.69) is 5.32 Å². The summed E-state index contributed by atoms with van der Waals surface area (Å²) in [5.74, 6) is 0.790. The predicted molar refractivity (Wildman–Crippen MR) is 76.9 cm³/mol. The maximum atomic E-state index is 12.0. The molecule has 1 aromatic rings. The molecule has 0 aromatic heterocycles. The second-order valence-corrected chi connectivity index (χ2v) is 5.50. The Hall–Kier alpha value is -1.35. The molecule has 1 fully saturated rings. The Morgan fingerprint density at radius 1 is 1.37 bits per heavy atom. The third kappa shape index (κ3) is 4.06. The third-order valence-corrected chi connectivity index (χ3v) is 3.94. The van der Waals surface area contributed by atoms with Gasteiger partial charge in [-0.2, -0.15) is 0 Å². The highest BCUT2D eigenvalue weighted by Gasteiger charge is 2.16. The van der Waals surface area contributed by atoms with Crippen molar-refractivity contribution in [2.45, 2.75) is 51.6 Å². The lowest BCUT2D eigenvalue weighted by Crippen LogP contribution is -2.14. The zero-order valence-corrected chi connectivity index (χ0v) is 11.6. The van der Waals surface area contributed by atoms with Gasteiger partial charge < -0.3 is 10.4 Å². The van der Waals surface area contributed by atoms with Crippen LogP contribution in [-0.4, -0.2) is 11.0 Å². The molecule has 2 rings (SSSR count). The Labute approximate surface area is 115 Å². The summed E-state index contributed by atoms with van der Waals surface area (Å²) in [6.45, 7) is 1.71. The number of carbonyl (C=O) groups excluding carboxylic acids is 1. The second-order valence-electron chi connectivity index (χ2n) is 5.50. The molecular weight excluding hydrogens is 238 g/mol. The summed E-state index contributed by atoms with van der Waals surface area (Å²) in [5.41, 5.74) is 1.51.